The number of carbonyl (C=O) groups is 2. The maximum absolute atomic E-state index is 12.8. The highest BCUT2D eigenvalue weighted by Gasteiger charge is 2.33. The highest BCUT2D eigenvalue weighted by atomic mass is 16.4. The van der Waals surface area contributed by atoms with Crippen molar-refractivity contribution in [3.8, 4) is 0 Å². The molecule has 0 radical (unpaired) electrons. The first kappa shape index (κ1) is 22.1. The second-order valence-corrected chi connectivity index (χ2v) is 9.73. The zero-order valence-corrected chi connectivity index (χ0v) is 19.2. The Morgan fingerprint density at radius 3 is 2.53 bits per heavy atom. The van der Waals surface area contributed by atoms with E-state index in [0.717, 1.165) is 27.5 Å². The number of nitrogens with zero attached hydrogens (tertiary/aromatic N) is 1. The highest BCUT2D eigenvalue weighted by Crippen LogP contribution is 2.37. The predicted octanol–water partition coefficient (Wildman–Crippen LogP) is 4.46. The van der Waals surface area contributed by atoms with Crippen molar-refractivity contribution in [1.29, 1.82) is 0 Å². The van der Waals surface area contributed by atoms with Gasteiger partial charge in [-0.1, -0.05) is 20.8 Å². The summed E-state index contributed by atoms with van der Waals surface area (Å²) < 4.78 is 11.5. The number of hydrogen-bond acceptors (Lipinski definition) is 5. The van der Waals surface area contributed by atoms with Crippen molar-refractivity contribution in [1.82, 2.24) is 4.90 Å². The van der Waals surface area contributed by atoms with Gasteiger partial charge in [0.2, 0.25) is 5.91 Å². The van der Waals surface area contributed by atoms with E-state index in [1.54, 1.807) is 6.26 Å². The molecule has 4 rings (SSSR count). The molecule has 1 aromatic carbocycles. The van der Waals surface area contributed by atoms with Gasteiger partial charge in [-0.2, -0.15) is 0 Å². The summed E-state index contributed by atoms with van der Waals surface area (Å²) >= 11 is 0. The second kappa shape index (κ2) is 7.80. The number of carboxylic acids is 1. The first-order valence-corrected chi connectivity index (χ1v) is 11.0. The van der Waals surface area contributed by atoms with Crippen LogP contribution in [0.5, 0.6) is 0 Å². The fourth-order valence-corrected chi connectivity index (χ4v) is 4.76. The van der Waals surface area contributed by atoms with Crippen LogP contribution in [0.4, 0.5) is 0 Å². The lowest BCUT2D eigenvalue weighted by Crippen LogP contribution is -2.40. The number of likely N-dealkylation sites (tertiary alicyclic amines) is 1. The van der Waals surface area contributed by atoms with Gasteiger partial charge in [-0.05, 0) is 50.2 Å². The van der Waals surface area contributed by atoms with E-state index in [4.69, 9.17) is 8.83 Å². The highest BCUT2D eigenvalue weighted by molar-refractivity contribution is 6.00. The van der Waals surface area contributed by atoms with E-state index in [1.807, 2.05) is 19.9 Å². The van der Waals surface area contributed by atoms with E-state index in [9.17, 15) is 19.5 Å². The van der Waals surface area contributed by atoms with Crippen LogP contribution in [0.3, 0.4) is 0 Å². The smallest absolute Gasteiger partial charge is 0.339 e. The Bertz CT molecular complexity index is 1290. The molecule has 7 nitrogen and oxygen atoms in total. The molecule has 3 aromatic rings. The summed E-state index contributed by atoms with van der Waals surface area (Å²) in [6.07, 6.45) is 3.18. The third kappa shape index (κ3) is 3.59. The van der Waals surface area contributed by atoms with Crippen LogP contribution in [0.15, 0.2) is 26.0 Å². The van der Waals surface area contributed by atoms with Gasteiger partial charge in [0.15, 0.2) is 0 Å². The summed E-state index contributed by atoms with van der Waals surface area (Å²) in [5.41, 5.74) is 3.72. The molecule has 0 saturated carbocycles. The minimum absolute atomic E-state index is 0.0705. The van der Waals surface area contributed by atoms with Gasteiger partial charge in [0.1, 0.15) is 17.2 Å². The number of carboxylic acid groups (broad SMARTS) is 1. The third-order valence-electron chi connectivity index (χ3n) is 6.60. The molecule has 170 valence electrons. The first-order chi connectivity index (χ1) is 15.0. The quantitative estimate of drug-likeness (QED) is 0.602. The van der Waals surface area contributed by atoms with Gasteiger partial charge in [0, 0.05) is 40.4 Å². The molecule has 0 aliphatic carbocycles. The molecule has 1 aliphatic rings. The first-order valence-electron chi connectivity index (χ1n) is 11.0. The molecule has 0 bridgehead atoms. The summed E-state index contributed by atoms with van der Waals surface area (Å²) in [6.45, 7) is 10.6. The van der Waals surface area contributed by atoms with Crippen molar-refractivity contribution in [3.05, 3.63) is 45.0 Å². The van der Waals surface area contributed by atoms with Crippen LogP contribution in [-0.2, 0) is 21.4 Å². The van der Waals surface area contributed by atoms with Gasteiger partial charge >= 0.3 is 11.6 Å². The van der Waals surface area contributed by atoms with Crippen molar-refractivity contribution in [2.75, 3.05) is 6.54 Å². The van der Waals surface area contributed by atoms with E-state index in [1.165, 1.54) is 4.90 Å². The van der Waals surface area contributed by atoms with E-state index < -0.39 is 17.6 Å². The van der Waals surface area contributed by atoms with Gasteiger partial charge in [0.25, 0.3) is 0 Å². The number of aryl methyl sites for hydroxylation is 2. The summed E-state index contributed by atoms with van der Waals surface area (Å²) in [7, 11) is 0. The van der Waals surface area contributed by atoms with Gasteiger partial charge in [0.05, 0.1) is 6.26 Å². The number of amides is 1. The van der Waals surface area contributed by atoms with Crippen LogP contribution in [0.25, 0.3) is 21.9 Å². The molecule has 0 spiro atoms. The summed E-state index contributed by atoms with van der Waals surface area (Å²) in [5.74, 6) is -1.23. The predicted molar refractivity (Wildman–Crippen MR) is 121 cm³/mol. The average molecular weight is 440 g/mol. The van der Waals surface area contributed by atoms with Crippen LogP contribution in [0.1, 0.15) is 62.3 Å². The molecule has 0 unspecified atom stereocenters. The summed E-state index contributed by atoms with van der Waals surface area (Å²) in [5, 5.41) is 11.1. The minimum Gasteiger partial charge on any atom is -0.480 e. The fraction of sp³-hybridized carbons (Fsp3) is 0.480. The van der Waals surface area contributed by atoms with Crippen LogP contribution in [-0.4, -0.2) is 34.5 Å². The lowest BCUT2D eigenvalue weighted by molar-refractivity contribution is -0.148. The molecular weight excluding hydrogens is 410 g/mol. The van der Waals surface area contributed by atoms with Crippen LogP contribution in [0.2, 0.25) is 0 Å². The number of rotatable bonds is 4. The molecule has 1 saturated heterocycles. The van der Waals surface area contributed by atoms with Crippen LogP contribution >= 0.6 is 0 Å². The molecule has 32 heavy (non-hydrogen) atoms. The summed E-state index contributed by atoms with van der Waals surface area (Å²) in [4.78, 5) is 38.3. The Balaban J connectivity index is 1.73. The van der Waals surface area contributed by atoms with Gasteiger partial charge in [-0.15, -0.1) is 0 Å². The molecule has 3 heterocycles. The monoisotopic (exact) mass is 439 g/mol. The third-order valence-corrected chi connectivity index (χ3v) is 6.60. The van der Waals surface area contributed by atoms with E-state index >= 15 is 0 Å². The minimum atomic E-state index is -0.980. The number of furan rings is 1. The number of benzene rings is 1. The zero-order valence-electron chi connectivity index (χ0n) is 19.2. The standard InChI is InChI=1S/C25H29NO6/c1-13-15(8-9-20(27)26-10-6-7-19(26)23(28)29)24(30)32-22-14(2)21-17(11-16(13)22)18(12-31-21)25(3,4)5/h11-12,19H,6-10H2,1-5H3,(H,28,29)/t19-/m1/s1. The Kier molecular flexibility index (Phi) is 5.39. The Hall–Kier alpha value is -3.09. The normalized spacial score (nSPS) is 16.9. The molecule has 1 N–H and O–H groups in total. The Morgan fingerprint density at radius 1 is 1.16 bits per heavy atom. The van der Waals surface area contributed by atoms with Crippen molar-refractivity contribution in [3.63, 3.8) is 0 Å². The SMILES string of the molecule is Cc1c(CCC(=O)N2CCC[C@@H]2C(=O)O)c(=O)oc2c(C)c3occ(C(C)(C)C)c3cc12. The molecule has 1 fully saturated rings. The number of carbonyl (C=O) groups excluding carboxylic acids is 1. The largest absolute Gasteiger partial charge is 0.480 e. The maximum Gasteiger partial charge on any atom is 0.339 e. The van der Waals surface area contributed by atoms with E-state index in [-0.39, 0.29) is 24.2 Å². The molecule has 1 aliphatic heterocycles. The van der Waals surface area contributed by atoms with Crippen LogP contribution < -0.4 is 5.63 Å². The Morgan fingerprint density at radius 2 is 1.88 bits per heavy atom. The molecule has 2 aromatic heterocycles. The number of hydrogen-bond donors (Lipinski definition) is 1. The Labute approximate surface area is 186 Å². The summed E-state index contributed by atoms with van der Waals surface area (Å²) in [6, 6.07) is 1.23. The van der Waals surface area contributed by atoms with E-state index in [2.05, 4.69) is 20.8 Å². The van der Waals surface area contributed by atoms with Crippen molar-refractivity contribution in [2.45, 2.75) is 71.8 Å². The van der Waals surface area contributed by atoms with Crippen molar-refractivity contribution >= 4 is 33.8 Å². The van der Waals surface area contributed by atoms with Gasteiger partial charge < -0.3 is 18.8 Å². The maximum atomic E-state index is 12.8. The number of fused-ring (bicyclic) bond motifs is 2. The lowest BCUT2D eigenvalue weighted by Gasteiger charge is -2.21. The van der Waals surface area contributed by atoms with Crippen LogP contribution in [0, 0.1) is 13.8 Å². The fourth-order valence-electron chi connectivity index (χ4n) is 4.76. The lowest BCUT2D eigenvalue weighted by atomic mass is 9.86. The molecule has 1 atom stereocenters. The van der Waals surface area contributed by atoms with Gasteiger partial charge in [-0.3, -0.25) is 4.79 Å². The van der Waals surface area contributed by atoms with Gasteiger partial charge in [-0.25, -0.2) is 9.59 Å². The molecule has 1 amide bonds. The average Bonchev–Trinajstić information content (AvgIpc) is 3.36. The molecule has 7 heteroatoms. The second-order valence-electron chi connectivity index (χ2n) is 9.73. The zero-order chi connectivity index (χ0) is 23.4. The molecular formula is C25H29NO6. The van der Waals surface area contributed by atoms with Crippen molar-refractivity contribution < 1.29 is 23.5 Å². The van der Waals surface area contributed by atoms with Crippen molar-refractivity contribution in [2.24, 2.45) is 0 Å². The van der Waals surface area contributed by atoms with E-state index in [0.29, 0.717) is 36.1 Å². The number of aliphatic carboxylic acids is 1. The topological polar surface area (TPSA) is 101 Å².